The van der Waals surface area contributed by atoms with E-state index in [9.17, 15) is 9.90 Å². The second-order valence-corrected chi connectivity index (χ2v) is 4.90. The minimum Gasteiger partial charge on any atom is -0.385 e. The highest BCUT2D eigenvalue weighted by molar-refractivity contribution is 5.77. The maximum absolute atomic E-state index is 12.0. The SMILES string of the molecule is CC(O)(CC(=O)N1CCCC1)c1ccccc1. The molecule has 1 saturated heterocycles. The van der Waals surface area contributed by atoms with Gasteiger partial charge in [-0.15, -0.1) is 0 Å². The zero-order chi connectivity index (χ0) is 12.3. The summed E-state index contributed by atoms with van der Waals surface area (Å²) in [5, 5.41) is 10.4. The molecule has 3 nitrogen and oxygen atoms in total. The second-order valence-electron chi connectivity index (χ2n) is 4.90. The summed E-state index contributed by atoms with van der Waals surface area (Å²) in [7, 11) is 0. The molecule has 3 heteroatoms. The lowest BCUT2D eigenvalue weighted by atomic mass is 9.92. The van der Waals surface area contributed by atoms with Crippen molar-refractivity contribution in [3.63, 3.8) is 0 Å². The molecule has 92 valence electrons. The van der Waals surface area contributed by atoms with Gasteiger partial charge >= 0.3 is 0 Å². The molecule has 0 aromatic heterocycles. The number of carbonyl (C=O) groups excluding carboxylic acids is 1. The molecular formula is C14H19NO2. The average Bonchev–Trinajstić information content (AvgIpc) is 2.83. The van der Waals surface area contributed by atoms with Crippen LogP contribution in [0.15, 0.2) is 30.3 Å². The normalized spacial score (nSPS) is 19.1. The molecule has 1 aromatic carbocycles. The average molecular weight is 233 g/mol. The summed E-state index contributed by atoms with van der Waals surface area (Å²) < 4.78 is 0. The van der Waals surface area contributed by atoms with Crippen LogP contribution in [-0.4, -0.2) is 29.0 Å². The summed E-state index contributed by atoms with van der Waals surface area (Å²) in [4.78, 5) is 13.8. The molecule has 1 atom stereocenters. The number of nitrogens with zero attached hydrogens (tertiary/aromatic N) is 1. The number of likely N-dealkylation sites (tertiary alicyclic amines) is 1. The van der Waals surface area contributed by atoms with Crippen LogP contribution < -0.4 is 0 Å². The predicted octanol–water partition coefficient (Wildman–Crippen LogP) is 1.91. The molecule has 1 unspecified atom stereocenters. The van der Waals surface area contributed by atoms with E-state index in [0.29, 0.717) is 0 Å². The van der Waals surface area contributed by atoms with Crippen LogP contribution in [0.1, 0.15) is 31.7 Å². The van der Waals surface area contributed by atoms with E-state index in [4.69, 9.17) is 0 Å². The first-order valence-electron chi connectivity index (χ1n) is 6.15. The van der Waals surface area contributed by atoms with E-state index in [2.05, 4.69) is 0 Å². The lowest BCUT2D eigenvalue weighted by Crippen LogP contribution is -2.34. The number of hydrogen-bond acceptors (Lipinski definition) is 2. The summed E-state index contributed by atoms with van der Waals surface area (Å²) in [5.41, 5.74) is -0.270. The van der Waals surface area contributed by atoms with Gasteiger partial charge in [0.25, 0.3) is 0 Å². The molecule has 1 N–H and O–H groups in total. The lowest BCUT2D eigenvalue weighted by molar-refractivity contribution is -0.135. The maximum Gasteiger partial charge on any atom is 0.225 e. The summed E-state index contributed by atoms with van der Waals surface area (Å²) in [6.45, 7) is 3.38. The van der Waals surface area contributed by atoms with Gasteiger partial charge in [0.1, 0.15) is 0 Å². The molecule has 0 bridgehead atoms. The van der Waals surface area contributed by atoms with Crippen molar-refractivity contribution in [3.8, 4) is 0 Å². The summed E-state index contributed by atoms with van der Waals surface area (Å²) in [5.74, 6) is 0.0522. The molecule has 0 aliphatic carbocycles. The van der Waals surface area contributed by atoms with Gasteiger partial charge in [-0.1, -0.05) is 30.3 Å². The van der Waals surface area contributed by atoms with Crippen molar-refractivity contribution < 1.29 is 9.90 Å². The molecule has 1 aliphatic rings. The fourth-order valence-electron chi connectivity index (χ4n) is 2.27. The maximum atomic E-state index is 12.0. The highest BCUT2D eigenvalue weighted by Crippen LogP contribution is 2.25. The van der Waals surface area contributed by atoms with E-state index in [0.717, 1.165) is 31.5 Å². The Kier molecular flexibility index (Phi) is 3.48. The van der Waals surface area contributed by atoms with Crippen LogP contribution in [0.2, 0.25) is 0 Å². The quantitative estimate of drug-likeness (QED) is 0.866. The van der Waals surface area contributed by atoms with Crippen LogP contribution >= 0.6 is 0 Å². The fourth-order valence-corrected chi connectivity index (χ4v) is 2.27. The van der Waals surface area contributed by atoms with E-state index >= 15 is 0 Å². The largest absolute Gasteiger partial charge is 0.385 e. The van der Waals surface area contributed by atoms with Crippen molar-refractivity contribution in [2.75, 3.05) is 13.1 Å². The molecule has 0 spiro atoms. The third-order valence-corrected chi connectivity index (χ3v) is 3.35. The monoisotopic (exact) mass is 233 g/mol. The zero-order valence-electron chi connectivity index (χ0n) is 10.2. The summed E-state index contributed by atoms with van der Waals surface area (Å²) in [6.07, 6.45) is 2.33. The Bertz CT molecular complexity index is 380. The van der Waals surface area contributed by atoms with E-state index < -0.39 is 5.60 Å². The summed E-state index contributed by atoms with van der Waals surface area (Å²) >= 11 is 0. The Hall–Kier alpha value is -1.35. The number of carbonyl (C=O) groups is 1. The molecule has 2 rings (SSSR count). The molecular weight excluding hydrogens is 214 g/mol. The van der Waals surface area contributed by atoms with E-state index in [-0.39, 0.29) is 12.3 Å². The Balaban J connectivity index is 2.04. The highest BCUT2D eigenvalue weighted by Gasteiger charge is 2.29. The second kappa shape index (κ2) is 4.88. The Morgan fingerprint density at radius 2 is 1.88 bits per heavy atom. The van der Waals surface area contributed by atoms with Crippen molar-refractivity contribution >= 4 is 5.91 Å². The van der Waals surface area contributed by atoms with Gasteiger partial charge in [-0.2, -0.15) is 0 Å². The van der Waals surface area contributed by atoms with Crippen LogP contribution in [0, 0.1) is 0 Å². The van der Waals surface area contributed by atoms with Gasteiger partial charge in [0.15, 0.2) is 0 Å². The number of aliphatic hydroxyl groups is 1. The van der Waals surface area contributed by atoms with Gasteiger partial charge in [0.05, 0.1) is 12.0 Å². The minimum absolute atomic E-state index is 0.0522. The van der Waals surface area contributed by atoms with E-state index in [1.807, 2.05) is 35.2 Å². The predicted molar refractivity (Wildman–Crippen MR) is 66.4 cm³/mol. The van der Waals surface area contributed by atoms with Gasteiger partial charge in [0.2, 0.25) is 5.91 Å². The van der Waals surface area contributed by atoms with Gasteiger partial charge in [-0.05, 0) is 25.3 Å². The smallest absolute Gasteiger partial charge is 0.225 e. The van der Waals surface area contributed by atoms with Gasteiger partial charge in [0, 0.05) is 13.1 Å². The van der Waals surface area contributed by atoms with Gasteiger partial charge in [-0.3, -0.25) is 4.79 Å². The zero-order valence-corrected chi connectivity index (χ0v) is 10.2. The highest BCUT2D eigenvalue weighted by atomic mass is 16.3. The van der Waals surface area contributed by atoms with Crippen LogP contribution in [0.25, 0.3) is 0 Å². The number of amides is 1. The Labute approximate surface area is 102 Å². The van der Waals surface area contributed by atoms with E-state index in [1.54, 1.807) is 6.92 Å². The topological polar surface area (TPSA) is 40.5 Å². The number of rotatable bonds is 3. The molecule has 1 aromatic rings. The van der Waals surface area contributed by atoms with Crippen molar-refractivity contribution in [2.45, 2.75) is 31.8 Å². The van der Waals surface area contributed by atoms with Crippen LogP contribution in [-0.2, 0) is 10.4 Å². The van der Waals surface area contributed by atoms with Gasteiger partial charge in [-0.25, -0.2) is 0 Å². The Morgan fingerprint density at radius 3 is 2.47 bits per heavy atom. The third-order valence-electron chi connectivity index (χ3n) is 3.35. The van der Waals surface area contributed by atoms with Crippen molar-refractivity contribution in [1.82, 2.24) is 4.90 Å². The molecule has 1 aliphatic heterocycles. The standard InChI is InChI=1S/C14H19NO2/c1-14(17,12-7-3-2-4-8-12)11-13(16)15-9-5-6-10-15/h2-4,7-8,17H,5-6,9-11H2,1H3. The van der Waals surface area contributed by atoms with Crippen molar-refractivity contribution in [3.05, 3.63) is 35.9 Å². The summed E-state index contributed by atoms with van der Waals surface area (Å²) in [6, 6.07) is 9.38. The Morgan fingerprint density at radius 1 is 1.29 bits per heavy atom. The molecule has 1 fully saturated rings. The van der Waals surface area contributed by atoms with Crippen molar-refractivity contribution in [1.29, 1.82) is 0 Å². The molecule has 1 amide bonds. The van der Waals surface area contributed by atoms with E-state index in [1.165, 1.54) is 0 Å². The van der Waals surface area contributed by atoms with Crippen molar-refractivity contribution in [2.24, 2.45) is 0 Å². The fraction of sp³-hybridized carbons (Fsp3) is 0.500. The third kappa shape index (κ3) is 2.86. The van der Waals surface area contributed by atoms with Gasteiger partial charge < -0.3 is 10.0 Å². The molecule has 0 saturated carbocycles. The lowest BCUT2D eigenvalue weighted by Gasteiger charge is -2.26. The molecule has 0 radical (unpaired) electrons. The number of benzene rings is 1. The number of hydrogen-bond donors (Lipinski definition) is 1. The first-order valence-corrected chi connectivity index (χ1v) is 6.15. The van der Waals surface area contributed by atoms with Crippen LogP contribution in [0.5, 0.6) is 0 Å². The van der Waals surface area contributed by atoms with Crippen LogP contribution in [0.4, 0.5) is 0 Å². The first kappa shape index (κ1) is 12.1. The molecule has 1 heterocycles. The first-order chi connectivity index (χ1) is 8.09. The van der Waals surface area contributed by atoms with Crippen LogP contribution in [0.3, 0.4) is 0 Å². The molecule has 17 heavy (non-hydrogen) atoms. The minimum atomic E-state index is -1.07.